The third-order valence-electron chi connectivity index (χ3n) is 16.6. The second-order valence-corrected chi connectivity index (χ2v) is 22.8. The van der Waals surface area contributed by atoms with Gasteiger partial charge in [0.25, 0.3) is 0 Å². The summed E-state index contributed by atoms with van der Waals surface area (Å²) in [6.45, 7) is 25.6. The van der Waals surface area contributed by atoms with E-state index in [0.29, 0.717) is 28.1 Å². The van der Waals surface area contributed by atoms with Crippen molar-refractivity contribution in [2.75, 3.05) is 0 Å². The Bertz CT molecular complexity index is 4080. The predicted molar refractivity (Wildman–Crippen MR) is 329 cm³/mol. The topological polar surface area (TPSA) is 33.6 Å². The van der Waals surface area contributed by atoms with E-state index < -0.39 is 11.7 Å². The Morgan fingerprint density at radius 3 is 0.863 bits per heavy atom. The number of hydrogen-bond acceptors (Lipinski definition) is 1. The minimum Gasteiger partial charge on any atom is -0.309 e. The third-order valence-corrected chi connectivity index (χ3v) is 16.6. The van der Waals surface area contributed by atoms with Crippen LogP contribution in [-0.2, 0) is 6.18 Å². The van der Waals surface area contributed by atoms with E-state index in [9.17, 15) is 5.26 Å². The molecule has 3 nitrogen and oxygen atoms in total. The van der Waals surface area contributed by atoms with E-state index in [4.69, 9.17) is 0 Å². The van der Waals surface area contributed by atoms with Gasteiger partial charge in [-0.15, -0.1) is 0 Å². The summed E-state index contributed by atoms with van der Waals surface area (Å²) in [5.41, 5.74) is 27.1. The van der Waals surface area contributed by atoms with Crippen LogP contribution < -0.4 is 0 Å². The molecule has 0 aliphatic rings. The third kappa shape index (κ3) is 8.59. The van der Waals surface area contributed by atoms with Gasteiger partial charge in [0.15, 0.2) is 0 Å². The fourth-order valence-corrected chi connectivity index (χ4v) is 13.9. The highest BCUT2D eigenvalue weighted by atomic mass is 19.4. The highest BCUT2D eigenvalue weighted by molar-refractivity contribution is 6.15. The minimum atomic E-state index is -4.75. The van der Waals surface area contributed by atoms with Crippen molar-refractivity contribution in [1.82, 2.24) is 9.13 Å². The average Bonchev–Trinajstić information content (AvgIpc) is 2.90. The van der Waals surface area contributed by atoms with Crippen LogP contribution in [0, 0.1) is 94.4 Å². The molecule has 394 valence electrons. The Hall–Kier alpha value is -8.92. The van der Waals surface area contributed by atoms with Crippen molar-refractivity contribution >= 4 is 43.6 Å². The molecule has 12 rings (SSSR count). The van der Waals surface area contributed by atoms with Crippen molar-refractivity contribution in [3.05, 3.63) is 236 Å². The van der Waals surface area contributed by atoms with Gasteiger partial charge in [-0.05, 0) is 250 Å². The maximum absolute atomic E-state index is 16.3. The van der Waals surface area contributed by atoms with E-state index in [2.05, 4.69) is 210 Å². The van der Waals surface area contributed by atoms with Crippen LogP contribution in [0.15, 0.2) is 158 Å². The van der Waals surface area contributed by atoms with E-state index in [1.807, 2.05) is 27.3 Å². The van der Waals surface area contributed by atoms with Crippen molar-refractivity contribution in [3.63, 3.8) is 0 Å². The molecular formula is C74H62F3N3. The molecule has 2 aromatic heterocycles. The molecule has 0 saturated heterocycles. The van der Waals surface area contributed by atoms with Crippen molar-refractivity contribution in [2.24, 2.45) is 0 Å². The minimum absolute atomic E-state index is 0.343. The first-order valence-electron chi connectivity index (χ1n) is 27.4. The second kappa shape index (κ2) is 19.2. The maximum atomic E-state index is 16.3. The van der Waals surface area contributed by atoms with Crippen LogP contribution in [0.1, 0.15) is 77.9 Å². The van der Waals surface area contributed by atoms with Crippen LogP contribution in [0.4, 0.5) is 13.2 Å². The van der Waals surface area contributed by atoms with Gasteiger partial charge in [0.2, 0.25) is 0 Å². The van der Waals surface area contributed by atoms with Gasteiger partial charge < -0.3 is 9.13 Å². The zero-order valence-corrected chi connectivity index (χ0v) is 47.5. The quantitative estimate of drug-likeness (QED) is 0.157. The summed E-state index contributed by atoms with van der Waals surface area (Å²) in [7, 11) is 0. The lowest BCUT2D eigenvalue weighted by molar-refractivity contribution is -0.137. The molecule has 2 heterocycles. The van der Waals surface area contributed by atoms with Gasteiger partial charge >= 0.3 is 6.18 Å². The lowest BCUT2D eigenvalue weighted by atomic mass is 9.91. The number of nitriles is 1. The number of benzene rings is 10. The van der Waals surface area contributed by atoms with Gasteiger partial charge in [-0.25, -0.2) is 0 Å². The van der Waals surface area contributed by atoms with Gasteiger partial charge in [-0.3, -0.25) is 0 Å². The zero-order valence-electron chi connectivity index (χ0n) is 47.5. The summed E-state index contributed by atoms with van der Waals surface area (Å²) in [5, 5.41) is 14.2. The molecule has 0 N–H and O–H groups in total. The number of halogens is 3. The highest BCUT2D eigenvalue weighted by Gasteiger charge is 2.35. The van der Waals surface area contributed by atoms with E-state index >= 15 is 13.2 Å². The number of alkyl halides is 3. The first kappa shape index (κ1) is 51.8. The van der Waals surface area contributed by atoms with Gasteiger partial charge in [0.05, 0.1) is 50.6 Å². The van der Waals surface area contributed by atoms with Crippen LogP contribution in [0.25, 0.3) is 111 Å². The zero-order chi connectivity index (χ0) is 56.4. The molecule has 0 radical (unpaired) electrons. The molecule has 6 heteroatoms. The summed E-state index contributed by atoms with van der Waals surface area (Å²) in [5.74, 6) is 0. The van der Waals surface area contributed by atoms with Crippen molar-refractivity contribution in [1.29, 1.82) is 5.26 Å². The lowest BCUT2D eigenvalue weighted by Gasteiger charge is -2.23. The average molecular weight is 1050 g/mol. The van der Waals surface area contributed by atoms with Gasteiger partial charge in [-0.1, -0.05) is 107 Å². The summed E-state index contributed by atoms with van der Waals surface area (Å²) in [6.07, 6.45) is -4.75. The molecule has 0 unspecified atom stereocenters. The Kier molecular flexibility index (Phi) is 12.4. The van der Waals surface area contributed by atoms with E-state index in [-0.39, 0.29) is 0 Å². The lowest BCUT2D eigenvalue weighted by Crippen LogP contribution is -2.11. The summed E-state index contributed by atoms with van der Waals surface area (Å²) in [4.78, 5) is 0. The smallest absolute Gasteiger partial charge is 0.309 e. The Balaban J connectivity index is 1.24. The molecule has 0 saturated carbocycles. The van der Waals surface area contributed by atoms with E-state index in [0.717, 1.165) is 133 Å². The van der Waals surface area contributed by atoms with Crippen molar-refractivity contribution in [2.45, 2.75) is 89.3 Å². The standard InChI is InChI=1S/C74H62F3N3/c1-40-24-44(5)69(45(6)25-40)54-16-20-63-59(33-54)60-34-55(70-46(7)26-41(2)27-47(70)8)17-21-64(60)79(63)67-37-58(74(75,76)77)38-68(73(67)53-15-13-14-52(32-53)39-78)80-65-22-18-56(71-48(9)28-42(3)29-49(71)10)35-61(65)62-36-57(19-23-66(62)80)72-50(11)30-43(4)31-51(72)12/h13-38H,1-12H3. The number of hydrogen-bond donors (Lipinski definition) is 0. The predicted octanol–water partition coefficient (Wildman–Crippen LogP) is 20.8. The number of rotatable bonds is 7. The maximum Gasteiger partial charge on any atom is 0.416 e. The van der Waals surface area contributed by atoms with E-state index in [1.54, 1.807) is 6.07 Å². The molecular weight excluding hydrogens is 988 g/mol. The molecule has 10 aromatic carbocycles. The summed E-state index contributed by atoms with van der Waals surface area (Å²) < 4.78 is 52.8. The highest BCUT2D eigenvalue weighted by Crippen LogP contribution is 2.48. The van der Waals surface area contributed by atoms with Crippen LogP contribution in [-0.4, -0.2) is 9.13 Å². The number of aryl methyl sites for hydroxylation is 12. The van der Waals surface area contributed by atoms with Gasteiger partial charge in [-0.2, -0.15) is 18.4 Å². The molecule has 0 aliphatic heterocycles. The number of aromatic nitrogens is 2. The van der Waals surface area contributed by atoms with Crippen LogP contribution in [0.2, 0.25) is 0 Å². The Morgan fingerprint density at radius 1 is 0.325 bits per heavy atom. The normalized spacial score (nSPS) is 11.9. The Morgan fingerprint density at radius 2 is 0.600 bits per heavy atom. The van der Waals surface area contributed by atoms with E-state index in [1.165, 1.54) is 34.4 Å². The van der Waals surface area contributed by atoms with Crippen molar-refractivity contribution < 1.29 is 13.2 Å². The number of nitrogens with zero attached hydrogens (tertiary/aromatic N) is 3. The molecule has 0 spiro atoms. The molecule has 12 aromatic rings. The molecule has 0 fully saturated rings. The largest absolute Gasteiger partial charge is 0.416 e. The van der Waals surface area contributed by atoms with Crippen molar-refractivity contribution in [3.8, 4) is 73.1 Å². The number of fused-ring (bicyclic) bond motifs is 6. The van der Waals surface area contributed by atoms with Gasteiger partial charge in [0.1, 0.15) is 0 Å². The monoisotopic (exact) mass is 1050 g/mol. The molecule has 0 amide bonds. The first-order chi connectivity index (χ1) is 38.2. The second-order valence-electron chi connectivity index (χ2n) is 22.8. The van der Waals surface area contributed by atoms with Crippen LogP contribution in [0.3, 0.4) is 0 Å². The molecule has 0 bridgehead atoms. The van der Waals surface area contributed by atoms with Crippen LogP contribution in [0.5, 0.6) is 0 Å². The van der Waals surface area contributed by atoms with Crippen LogP contribution >= 0.6 is 0 Å². The molecule has 0 atom stereocenters. The fraction of sp³-hybridized carbons (Fsp3) is 0.176. The summed E-state index contributed by atoms with van der Waals surface area (Å²) in [6, 6.07) is 55.5. The molecule has 0 aliphatic carbocycles. The summed E-state index contributed by atoms with van der Waals surface area (Å²) >= 11 is 0. The van der Waals surface area contributed by atoms with Gasteiger partial charge in [0, 0.05) is 27.1 Å². The molecule has 80 heavy (non-hydrogen) atoms. The Labute approximate surface area is 466 Å². The fourth-order valence-electron chi connectivity index (χ4n) is 13.9. The SMILES string of the molecule is Cc1cc(C)c(-c2ccc3c(c2)c2cc(-c4c(C)cc(C)cc4C)ccc2n3-c2cc(C(F)(F)F)cc(-n3c4ccc(-c5c(C)cc(C)cc5C)cc4c4cc(-c5c(C)cc(C)cc5C)ccc43)c2-c2cccc(C#N)c2)c(C)c1. The first-order valence-corrected chi connectivity index (χ1v) is 27.4.